The molecule has 0 aromatic carbocycles. The number of hydrazine groups is 1. The van der Waals surface area contributed by atoms with E-state index < -0.39 is 18.1 Å². The molecule has 2 heterocycles. The first-order chi connectivity index (χ1) is 8.10. The van der Waals surface area contributed by atoms with Crippen molar-refractivity contribution in [2.24, 2.45) is 5.84 Å². The fourth-order valence-corrected chi connectivity index (χ4v) is 1.85. The van der Waals surface area contributed by atoms with Crippen LogP contribution >= 0.6 is 0 Å². The van der Waals surface area contributed by atoms with Crippen LogP contribution in [0.15, 0.2) is 16.5 Å². The van der Waals surface area contributed by atoms with Gasteiger partial charge in [0.1, 0.15) is 5.76 Å². The standard InChI is InChI=1S/C10H15N3O4/c11-12-10(16)9-2-1-6(17-9)3-13-4-7(14)8(15)5-13/h1-2,7-8,14-15H,3-5,11H2,(H,12,16). The second kappa shape index (κ2) is 4.84. The molecule has 1 saturated heterocycles. The highest BCUT2D eigenvalue weighted by atomic mass is 16.4. The topological polar surface area (TPSA) is 112 Å². The number of nitrogen functional groups attached to an aromatic ring is 1. The van der Waals surface area contributed by atoms with E-state index in [0.29, 0.717) is 25.4 Å². The van der Waals surface area contributed by atoms with Gasteiger partial charge in [0.2, 0.25) is 0 Å². The summed E-state index contributed by atoms with van der Waals surface area (Å²) >= 11 is 0. The molecule has 1 aliphatic rings. The van der Waals surface area contributed by atoms with E-state index in [2.05, 4.69) is 0 Å². The summed E-state index contributed by atoms with van der Waals surface area (Å²) in [6, 6.07) is 3.20. The number of amides is 1. The quantitative estimate of drug-likeness (QED) is 0.289. The van der Waals surface area contributed by atoms with Crippen LogP contribution in [-0.2, 0) is 6.54 Å². The number of nitrogens with two attached hydrogens (primary N) is 1. The van der Waals surface area contributed by atoms with Gasteiger partial charge in [-0.05, 0) is 12.1 Å². The molecule has 1 amide bonds. The Bertz CT molecular complexity index is 396. The molecule has 0 spiro atoms. The number of aliphatic hydroxyl groups excluding tert-OH is 2. The third kappa shape index (κ3) is 2.64. The van der Waals surface area contributed by atoms with Crippen LogP contribution in [0.2, 0.25) is 0 Å². The van der Waals surface area contributed by atoms with Gasteiger partial charge in [-0.1, -0.05) is 0 Å². The van der Waals surface area contributed by atoms with Crippen LogP contribution in [0.5, 0.6) is 0 Å². The number of rotatable bonds is 3. The number of carbonyl (C=O) groups excluding carboxylic acids is 1. The molecular formula is C10H15N3O4. The third-order valence-electron chi connectivity index (χ3n) is 2.73. The van der Waals surface area contributed by atoms with Crippen LogP contribution in [-0.4, -0.2) is 46.3 Å². The molecule has 94 valence electrons. The van der Waals surface area contributed by atoms with E-state index in [4.69, 9.17) is 10.3 Å². The van der Waals surface area contributed by atoms with Gasteiger partial charge in [0.05, 0.1) is 18.8 Å². The number of hydrogen-bond acceptors (Lipinski definition) is 6. The van der Waals surface area contributed by atoms with Crippen LogP contribution < -0.4 is 11.3 Å². The first kappa shape index (κ1) is 12.1. The monoisotopic (exact) mass is 241 g/mol. The number of nitrogens with zero attached hydrogens (tertiary/aromatic N) is 1. The Hall–Kier alpha value is -1.41. The lowest BCUT2D eigenvalue weighted by molar-refractivity contribution is 0.0572. The zero-order chi connectivity index (χ0) is 12.4. The van der Waals surface area contributed by atoms with Crippen LogP contribution in [0.25, 0.3) is 0 Å². The Morgan fingerprint density at radius 1 is 1.47 bits per heavy atom. The second-order valence-electron chi connectivity index (χ2n) is 4.07. The SMILES string of the molecule is NNC(=O)c1ccc(CN2CC(O)C(O)C2)o1. The maximum absolute atomic E-state index is 11.1. The fourth-order valence-electron chi connectivity index (χ4n) is 1.85. The zero-order valence-corrected chi connectivity index (χ0v) is 9.17. The summed E-state index contributed by atoms with van der Waals surface area (Å²) in [6.45, 7) is 1.21. The lowest BCUT2D eigenvalue weighted by atomic mass is 10.3. The summed E-state index contributed by atoms with van der Waals surface area (Å²) in [7, 11) is 0. The van der Waals surface area contributed by atoms with Gasteiger partial charge in [-0.2, -0.15) is 0 Å². The molecule has 2 rings (SSSR count). The van der Waals surface area contributed by atoms with Gasteiger partial charge in [-0.3, -0.25) is 15.1 Å². The normalized spacial score (nSPS) is 25.1. The third-order valence-corrected chi connectivity index (χ3v) is 2.73. The minimum Gasteiger partial charge on any atom is -0.455 e. The molecule has 2 unspecified atom stereocenters. The molecule has 1 fully saturated rings. The Morgan fingerprint density at radius 2 is 2.12 bits per heavy atom. The van der Waals surface area contributed by atoms with Gasteiger partial charge in [0.25, 0.3) is 0 Å². The Labute approximate surface area is 97.8 Å². The average Bonchev–Trinajstić information content (AvgIpc) is 2.87. The second-order valence-corrected chi connectivity index (χ2v) is 4.07. The maximum Gasteiger partial charge on any atom is 0.300 e. The highest BCUT2D eigenvalue weighted by Crippen LogP contribution is 2.16. The van der Waals surface area contributed by atoms with Gasteiger partial charge in [0.15, 0.2) is 5.76 Å². The number of aliphatic hydroxyl groups is 2. The minimum absolute atomic E-state index is 0.141. The molecular weight excluding hydrogens is 226 g/mol. The van der Waals surface area contributed by atoms with Crippen molar-refractivity contribution in [3.8, 4) is 0 Å². The van der Waals surface area contributed by atoms with Crippen molar-refractivity contribution in [1.82, 2.24) is 10.3 Å². The van der Waals surface area contributed by atoms with E-state index in [1.807, 2.05) is 10.3 Å². The van der Waals surface area contributed by atoms with Gasteiger partial charge in [-0.15, -0.1) is 0 Å². The zero-order valence-electron chi connectivity index (χ0n) is 9.17. The lowest BCUT2D eigenvalue weighted by Crippen LogP contribution is -2.29. The molecule has 0 bridgehead atoms. The average molecular weight is 241 g/mol. The Balaban J connectivity index is 1.96. The molecule has 0 aliphatic carbocycles. The van der Waals surface area contributed by atoms with Crippen LogP contribution in [0, 0.1) is 0 Å². The lowest BCUT2D eigenvalue weighted by Gasteiger charge is -2.11. The minimum atomic E-state index is -0.725. The number of β-amino-alcohol motifs (C(OH)–C–C–N with tert-alkyl or cyclic N) is 2. The van der Waals surface area contributed by atoms with Gasteiger partial charge in [-0.25, -0.2) is 5.84 Å². The number of hydrogen-bond donors (Lipinski definition) is 4. The van der Waals surface area contributed by atoms with Gasteiger partial charge < -0.3 is 14.6 Å². The smallest absolute Gasteiger partial charge is 0.300 e. The summed E-state index contributed by atoms with van der Waals surface area (Å²) < 4.78 is 5.27. The molecule has 0 radical (unpaired) electrons. The predicted octanol–water partition coefficient (Wildman–Crippen LogP) is -1.58. The van der Waals surface area contributed by atoms with Gasteiger partial charge in [0, 0.05) is 13.1 Å². The molecule has 1 aromatic rings. The number of nitrogens with one attached hydrogen (secondary N) is 1. The van der Waals surface area contributed by atoms with E-state index >= 15 is 0 Å². The summed E-state index contributed by atoms with van der Waals surface area (Å²) in [5, 5.41) is 18.7. The summed E-state index contributed by atoms with van der Waals surface area (Å²) in [6.07, 6.45) is -1.45. The number of carbonyl (C=O) groups is 1. The van der Waals surface area contributed by atoms with Crippen molar-refractivity contribution in [2.45, 2.75) is 18.8 Å². The maximum atomic E-state index is 11.1. The van der Waals surface area contributed by atoms with Crippen LogP contribution in [0.1, 0.15) is 16.3 Å². The predicted molar refractivity (Wildman–Crippen MR) is 57.7 cm³/mol. The van der Waals surface area contributed by atoms with Crippen molar-refractivity contribution in [1.29, 1.82) is 0 Å². The van der Waals surface area contributed by atoms with E-state index in [9.17, 15) is 15.0 Å². The molecule has 17 heavy (non-hydrogen) atoms. The summed E-state index contributed by atoms with van der Waals surface area (Å²) in [5.74, 6) is 5.22. The van der Waals surface area contributed by atoms with E-state index in [-0.39, 0.29) is 5.76 Å². The molecule has 7 heteroatoms. The molecule has 7 nitrogen and oxygen atoms in total. The Kier molecular flexibility index (Phi) is 3.43. The van der Waals surface area contributed by atoms with Crippen LogP contribution in [0.3, 0.4) is 0 Å². The van der Waals surface area contributed by atoms with E-state index in [1.54, 1.807) is 6.07 Å². The first-order valence-electron chi connectivity index (χ1n) is 5.28. The fraction of sp³-hybridized carbons (Fsp3) is 0.500. The highest BCUT2D eigenvalue weighted by Gasteiger charge is 2.29. The molecule has 1 aliphatic heterocycles. The summed E-state index contributed by atoms with van der Waals surface area (Å²) in [5.41, 5.74) is 1.98. The Morgan fingerprint density at radius 3 is 2.71 bits per heavy atom. The number of likely N-dealkylation sites (tertiary alicyclic amines) is 1. The van der Waals surface area contributed by atoms with Crippen molar-refractivity contribution >= 4 is 5.91 Å². The van der Waals surface area contributed by atoms with E-state index in [1.165, 1.54) is 6.07 Å². The van der Waals surface area contributed by atoms with Crippen molar-refractivity contribution in [3.05, 3.63) is 23.7 Å². The molecule has 5 N–H and O–H groups in total. The molecule has 1 aromatic heterocycles. The highest BCUT2D eigenvalue weighted by molar-refractivity contribution is 5.90. The molecule has 0 saturated carbocycles. The molecule has 2 atom stereocenters. The van der Waals surface area contributed by atoms with Crippen LogP contribution in [0.4, 0.5) is 0 Å². The number of furan rings is 1. The van der Waals surface area contributed by atoms with Crippen molar-refractivity contribution < 1.29 is 19.4 Å². The van der Waals surface area contributed by atoms with Gasteiger partial charge >= 0.3 is 5.91 Å². The van der Waals surface area contributed by atoms with Crippen molar-refractivity contribution in [3.63, 3.8) is 0 Å². The van der Waals surface area contributed by atoms with E-state index in [0.717, 1.165) is 0 Å². The first-order valence-corrected chi connectivity index (χ1v) is 5.28. The summed E-state index contributed by atoms with van der Waals surface area (Å²) in [4.78, 5) is 13.0. The largest absolute Gasteiger partial charge is 0.455 e. The van der Waals surface area contributed by atoms with Crippen molar-refractivity contribution in [2.75, 3.05) is 13.1 Å².